The van der Waals surface area contributed by atoms with E-state index in [4.69, 9.17) is 17.3 Å². The molecular weight excluding hydrogens is 317 g/mol. The highest BCUT2D eigenvalue weighted by Crippen LogP contribution is 2.37. The lowest BCUT2D eigenvalue weighted by molar-refractivity contribution is 0.1000. The Hall–Kier alpha value is -2.14. The van der Waals surface area contributed by atoms with Crippen LogP contribution in [0, 0.1) is 11.2 Å². The number of benzene rings is 1. The summed E-state index contributed by atoms with van der Waals surface area (Å²) in [5.74, 6) is -0.429. The van der Waals surface area contributed by atoms with Crippen molar-refractivity contribution in [3.8, 4) is 0 Å². The van der Waals surface area contributed by atoms with Gasteiger partial charge >= 0.3 is 0 Å². The van der Waals surface area contributed by atoms with E-state index in [9.17, 15) is 9.18 Å². The number of rotatable bonds is 4. The summed E-state index contributed by atoms with van der Waals surface area (Å²) in [6.07, 6.45) is 1.38. The molecule has 0 bridgehead atoms. The maximum Gasteiger partial charge on any atom is 0.250 e. The Kier molecular flexibility index (Phi) is 4.90. The van der Waals surface area contributed by atoms with Gasteiger partial charge in [-0.1, -0.05) is 44.5 Å². The lowest BCUT2D eigenvalue weighted by atomic mass is 9.82. The Balaban J connectivity index is 2.36. The van der Waals surface area contributed by atoms with Crippen molar-refractivity contribution in [2.45, 2.75) is 26.8 Å². The van der Waals surface area contributed by atoms with Crippen LogP contribution in [-0.2, 0) is 0 Å². The first-order chi connectivity index (χ1) is 10.7. The van der Waals surface area contributed by atoms with E-state index >= 15 is 0 Å². The van der Waals surface area contributed by atoms with Gasteiger partial charge in [0.15, 0.2) is 0 Å². The molecule has 0 saturated heterocycles. The van der Waals surface area contributed by atoms with Crippen LogP contribution in [0.15, 0.2) is 36.5 Å². The number of hydrogen-bond acceptors (Lipinski definition) is 3. The average Bonchev–Trinajstić information content (AvgIpc) is 2.46. The van der Waals surface area contributed by atoms with Gasteiger partial charge in [-0.25, -0.2) is 9.37 Å². The van der Waals surface area contributed by atoms with Crippen molar-refractivity contribution in [1.29, 1.82) is 0 Å². The maximum atomic E-state index is 13.2. The molecule has 1 amide bonds. The topological polar surface area (TPSA) is 68.0 Å². The lowest BCUT2D eigenvalue weighted by Crippen LogP contribution is -2.26. The molecule has 3 N–H and O–H groups in total. The molecule has 122 valence electrons. The van der Waals surface area contributed by atoms with E-state index in [0.717, 1.165) is 5.56 Å². The van der Waals surface area contributed by atoms with Gasteiger partial charge in [0.05, 0.1) is 16.6 Å². The van der Waals surface area contributed by atoms with Gasteiger partial charge in [0.25, 0.3) is 0 Å². The molecule has 1 atom stereocenters. The van der Waals surface area contributed by atoms with E-state index in [0.29, 0.717) is 10.8 Å². The molecule has 2 rings (SSSR count). The molecule has 2 aromatic rings. The number of anilines is 1. The highest BCUT2D eigenvalue weighted by molar-refractivity contribution is 6.33. The number of primary amides is 1. The summed E-state index contributed by atoms with van der Waals surface area (Å²) >= 11 is 6.19. The largest absolute Gasteiger partial charge is 0.366 e. The van der Waals surface area contributed by atoms with Gasteiger partial charge in [-0.15, -0.1) is 0 Å². The van der Waals surface area contributed by atoms with Crippen LogP contribution in [0.25, 0.3) is 0 Å². The smallest absolute Gasteiger partial charge is 0.250 e. The van der Waals surface area contributed by atoms with E-state index in [2.05, 4.69) is 31.1 Å². The van der Waals surface area contributed by atoms with Crippen molar-refractivity contribution >= 4 is 23.3 Å². The summed E-state index contributed by atoms with van der Waals surface area (Å²) in [5, 5.41) is 3.57. The minimum Gasteiger partial charge on any atom is -0.366 e. The number of carbonyl (C=O) groups excluding carboxylic acids is 1. The molecule has 0 spiro atoms. The molecule has 4 nitrogen and oxygen atoms in total. The van der Waals surface area contributed by atoms with Crippen LogP contribution in [0.3, 0.4) is 0 Å². The zero-order valence-corrected chi connectivity index (χ0v) is 14.0. The molecule has 0 fully saturated rings. The standard InChI is InChI=1S/C17H19ClFN3O/c1-17(2,3)14(10-4-6-12(19)7-5-10)22-16-13(18)8-11(9-21-16)15(20)23/h4-9,14H,1-3H3,(H2,20,23)(H,21,22). The highest BCUT2D eigenvalue weighted by atomic mass is 35.5. The minimum absolute atomic E-state index is 0.146. The number of nitrogens with two attached hydrogens (primary N) is 1. The number of amides is 1. The summed E-state index contributed by atoms with van der Waals surface area (Å²) in [6.45, 7) is 6.17. The second kappa shape index (κ2) is 6.54. The molecule has 1 heterocycles. The average molecular weight is 336 g/mol. The fourth-order valence-electron chi connectivity index (χ4n) is 2.27. The Labute approximate surface area is 139 Å². The first-order valence-electron chi connectivity index (χ1n) is 7.16. The predicted octanol–water partition coefficient (Wildman–Crippen LogP) is 4.17. The third-order valence-electron chi connectivity index (χ3n) is 3.48. The SMILES string of the molecule is CC(C)(C)C(Nc1ncc(C(N)=O)cc1Cl)c1ccc(F)cc1. The van der Waals surface area contributed by atoms with Crippen LogP contribution < -0.4 is 11.1 Å². The number of nitrogens with one attached hydrogen (secondary N) is 1. The summed E-state index contributed by atoms with van der Waals surface area (Å²) in [5.41, 5.74) is 6.20. The second-order valence-corrected chi connectivity index (χ2v) is 6.82. The number of pyridine rings is 1. The zero-order chi connectivity index (χ0) is 17.2. The quantitative estimate of drug-likeness (QED) is 0.881. The van der Waals surface area contributed by atoms with Gasteiger partial charge in [0.2, 0.25) is 5.91 Å². The first-order valence-corrected chi connectivity index (χ1v) is 7.53. The van der Waals surface area contributed by atoms with Gasteiger partial charge in [-0.05, 0) is 29.2 Å². The van der Waals surface area contributed by atoms with Crippen molar-refractivity contribution in [2.24, 2.45) is 11.1 Å². The summed E-state index contributed by atoms with van der Waals surface area (Å²) in [4.78, 5) is 15.3. The van der Waals surface area contributed by atoms with Crippen LogP contribution in [-0.4, -0.2) is 10.9 Å². The van der Waals surface area contributed by atoms with E-state index in [-0.39, 0.29) is 22.8 Å². The number of carbonyl (C=O) groups is 1. The molecule has 0 aliphatic carbocycles. The van der Waals surface area contributed by atoms with E-state index < -0.39 is 5.91 Å². The van der Waals surface area contributed by atoms with Crippen molar-refractivity contribution in [2.75, 3.05) is 5.32 Å². The molecule has 0 aliphatic heterocycles. The highest BCUT2D eigenvalue weighted by Gasteiger charge is 2.27. The van der Waals surface area contributed by atoms with Crippen molar-refractivity contribution in [3.05, 3.63) is 58.5 Å². The number of nitrogens with zero attached hydrogens (tertiary/aromatic N) is 1. The molecule has 6 heteroatoms. The summed E-state index contributed by atoms with van der Waals surface area (Å²) in [7, 11) is 0. The maximum absolute atomic E-state index is 13.2. The normalized spacial score (nSPS) is 12.7. The van der Waals surface area contributed by atoms with E-state index in [1.807, 2.05) is 0 Å². The molecule has 0 aliphatic rings. The van der Waals surface area contributed by atoms with Gasteiger partial charge < -0.3 is 11.1 Å². The number of hydrogen-bond donors (Lipinski definition) is 2. The lowest BCUT2D eigenvalue weighted by Gasteiger charge is -2.32. The Morgan fingerprint density at radius 3 is 2.39 bits per heavy atom. The predicted molar refractivity (Wildman–Crippen MR) is 90.0 cm³/mol. The summed E-state index contributed by atoms with van der Waals surface area (Å²) in [6, 6.07) is 7.62. The molecule has 0 saturated carbocycles. The van der Waals surface area contributed by atoms with Crippen LogP contribution in [0.2, 0.25) is 5.02 Å². The van der Waals surface area contributed by atoms with Gasteiger partial charge in [-0.3, -0.25) is 4.79 Å². The number of aromatic nitrogens is 1. The zero-order valence-electron chi connectivity index (χ0n) is 13.2. The van der Waals surface area contributed by atoms with Crippen LogP contribution in [0.4, 0.5) is 10.2 Å². The molecular formula is C17H19ClFN3O. The fraction of sp³-hybridized carbons (Fsp3) is 0.294. The summed E-state index contributed by atoms with van der Waals surface area (Å²) < 4.78 is 13.2. The van der Waals surface area contributed by atoms with Crippen molar-refractivity contribution in [3.63, 3.8) is 0 Å². The number of halogens is 2. The Morgan fingerprint density at radius 1 is 1.30 bits per heavy atom. The van der Waals surface area contributed by atoms with E-state index in [1.165, 1.54) is 24.4 Å². The van der Waals surface area contributed by atoms with Gasteiger partial charge in [-0.2, -0.15) is 0 Å². The third-order valence-corrected chi connectivity index (χ3v) is 3.76. The fourth-order valence-corrected chi connectivity index (χ4v) is 2.49. The Bertz CT molecular complexity index is 711. The Morgan fingerprint density at radius 2 is 1.91 bits per heavy atom. The van der Waals surface area contributed by atoms with Crippen molar-refractivity contribution < 1.29 is 9.18 Å². The molecule has 0 radical (unpaired) electrons. The monoisotopic (exact) mass is 335 g/mol. The van der Waals surface area contributed by atoms with Gasteiger partial charge in [0, 0.05) is 6.20 Å². The van der Waals surface area contributed by atoms with Crippen LogP contribution in [0.5, 0.6) is 0 Å². The molecule has 23 heavy (non-hydrogen) atoms. The first kappa shape index (κ1) is 17.2. The van der Waals surface area contributed by atoms with Gasteiger partial charge in [0.1, 0.15) is 11.6 Å². The van der Waals surface area contributed by atoms with Crippen LogP contribution in [0.1, 0.15) is 42.7 Å². The molecule has 1 aromatic carbocycles. The minimum atomic E-state index is -0.586. The molecule has 1 unspecified atom stereocenters. The third kappa shape index (κ3) is 4.20. The second-order valence-electron chi connectivity index (χ2n) is 6.41. The van der Waals surface area contributed by atoms with E-state index in [1.54, 1.807) is 12.1 Å². The van der Waals surface area contributed by atoms with Crippen LogP contribution >= 0.6 is 11.6 Å². The molecule has 1 aromatic heterocycles. The van der Waals surface area contributed by atoms with Crippen molar-refractivity contribution in [1.82, 2.24) is 4.98 Å².